The number of hydrazone groups is 1. The summed E-state index contributed by atoms with van der Waals surface area (Å²) >= 11 is 1.33. The highest BCUT2D eigenvalue weighted by Gasteiger charge is 2.34. The molecule has 4 amide bonds. The molecule has 1 unspecified atom stereocenters. The smallest absolute Gasteiger partial charge is 0.263 e. The number of alkyl halides is 4. The summed E-state index contributed by atoms with van der Waals surface area (Å²) in [7, 11) is 7.46. The maximum absolute atomic E-state index is 14.0. The molecule has 2 heterocycles. The molecule has 5 N–H and O–H groups in total. The lowest BCUT2D eigenvalue weighted by atomic mass is 10.00. The summed E-state index contributed by atoms with van der Waals surface area (Å²) in [5.74, 6) is 6.13. The van der Waals surface area contributed by atoms with E-state index in [-0.39, 0.29) is 30.9 Å². The van der Waals surface area contributed by atoms with Gasteiger partial charge in [0.15, 0.2) is 5.13 Å². The number of aliphatic imine (C=N–C) groups is 1. The monoisotopic (exact) mass is 1260 g/mol. The van der Waals surface area contributed by atoms with Crippen LogP contribution in [0.4, 0.5) is 28.4 Å². The molecule has 1 atom stereocenters. The van der Waals surface area contributed by atoms with Crippen LogP contribution in [0.5, 0.6) is 17.2 Å². The molecule has 5 aromatic rings. The zero-order valence-corrected chi connectivity index (χ0v) is 52.0. The Morgan fingerprint density at radius 3 is 2.10 bits per heavy atom. The van der Waals surface area contributed by atoms with E-state index in [9.17, 15) is 36.7 Å². The van der Waals surface area contributed by atoms with Crippen molar-refractivity contribution in [3.63, 3.8) is 0 Å². The van der Waals surface area contributed by atoms with E-state index in [1.807, 2.05) is 43.3 Å². The Bertz CT molecular complexity index is 2890. The summed E-state index contributed by atoms with van der Waals surface area (Å²) in [4.78, 5) is 65.2. The largest absolute Gasteiger partial charge is 0.497 e. The Morgan fingerprint density at radius 1 is 0.775 bits per heavy atom. The number of piperazine rings is 1. The van der Waals surface area contributed by atoms with Crippen molar-refractivity contribution in [3.05, 3.63) is 130 Å². The third-order valence-corrected chi connectivity index (χ3v) is 14.7. The number of benzene rings is 4. The highest BCUT2D eigenvalue weighted by atomic mass is 32.1. The highest BCUT2D eigenvalue weighted by Crippen LogP contribution is 2.29. The van der Waals surface area contributed by atoms with Crippen LogP contribution in [0, 0.1) is 0 Å². The second kappa shape index (κ2) is 41.5. The van der Waals surface area contributed by atoms with Gasteiger partial charge in [-0.3, -0.25) is 24.2 Å². The number of carbonyl (C=O) groups is 4. The van der Waals surface area contributed by atoms with Gasteiger partial charge in [0.05, 0.1) is 84.3 Å². The Labute approximate surface area is 522 Å². The van der Waals surface area contributed by atoms with Gasteiger partial charge in [0.1, 0.15) is 29.9 Å². The number of hydrogen-bond donors (Lipinski definition) is 4. The molecule has 6 rings (SSSR count). The van der Waals surface area contributed by atoms with Crippen LogP contribution in [0.1, 0.15) is 66.1 Å². The van der Waals surface area contributed by atoms with Gasteiger partial charge in [0, 0.05) is 82.0 Å². The van der Waals surface area contributed by atoms with Gasteiger partial charge >= 0.3 is 0 Å². The number of unbranched alkanes of at least 4 members (excludes halogenated alkanes) is 1. The minimum absolute atomic E-state index is 0.00214. The Kier molecular flexibility index (Phi) is 33.5. The van der Waals surface area contributed by atoms with E-state index < -0.39 is 42.8 Å². The molecule has 4 aromatic carbocycles. The number of anilines is 2. The number of nitrogens with one attached hydrogen (secondary N) is 3. The van der Waals surface area contributed by atoms with Crippen molar-refractivity contribution >= 4 is 58.2 Å². The number of carbonyl (C=O) groups excluding carboxylic acids is 4. The first-order valence-electron chi connectivity index (χ1n) is 29.5. The average molecular weight is 1260 g/mol. The van der Waals surface area contributed by atoms with E-state index in [2.05, 4.69) is 47.9 Å². The topological polar surface area (TPSA) is 236 Å². The van der Waals surface area contributed by atoms with E-state index in [4.69, 9.17) is 34.3 Å². The predicted molar refractivity (Wildman–Crippen MR) is 337 cm³/mol. The molecule has 486 valence electrons. The Hall–Kier alpha value is -7.75. The van der Waals surface area contributed by atoms with Crippen LogP contribution >= 0.6 is 11.3 Å². The summed E-state index contributed by atoms with van der Waals surface area (Å²) < 4.78 is 89.2. The summed E-state index contributed by atoms with van der Waals surface area (Å²) in [5.41, 5.74) is 3.39. The lowest BCUT2D eigenvalue weighted by molar-refractivity contribution is -0.143. The minimum atomic E-state index is -2.99. The fraction of sp³-hybridized carbons (Fsp3) is 0.476. The first-order valence-corrected chi connectivity index (χ1v) is 30.3. The number of halogens is 4. The number of nitrogens with zero attached hydrogens (tertiary/aromatic N) is 7. The Balaban J connectivity index is 0.000000679. The number of thiazole rings is 1. The van der Waals surface area contributed by atoms with Gasteiger partial charge in [-0.2, -0.15) is 5.10 Å². The molecule has 1 aliphatic rings. The normalized spacial score (nSPS) is 13.1. The molecule has 0 bridgehead atoms. The molecule has 1 saturated heterocycles. The quantitative estimate of drug-likeness (QED) is 0.00732. The van der Waals surface area contributed by atoms with Gasteiger partial charge in [0.2, 0.25) is 24.1 Å². The molecule has 1 fully saturated rings. The molecular formula is C63H85F4N11O10S. The van der Waals surface area contributed by atoms with Crippen molar-refractivity contribution in [3.8, 4) is 17.2 Å². The fourth-order valence-electron chi connectivity index (χ4n) is 8.83. The minimum Gasteiger partial charge on any atom is -0.497 e. The van der Waals surface area contributed by atoms with Crippen molar-refractivity contribution in [1.29, 1.82) is 0 Å². The second-order valence-electron chi connectivity index (χ2n) is 20.5. The Morgan fingerprint density at radius 2 is 1.43 bits per heavy atom. The molecule has 0 saturated carbocycles. The standard InChI is InChI=1S/C52H69F4N7O8.C11H16N4O2S/c1-58-43-14-20-47(21-15-43)71-34-33-68-29-24-59-37-44(61-57)23-28-67-31-32-69-30-26-62(2)25-4-5-27-70-46-18-9-39(10-19-46)13-22-49(64)63(38-48(53)54)50(41-7-6-8-42(35-41)51(55)56)52(65)60-36-40-11-16-45(66-3)17-12-40;1-14-2-4-15(5-3-14)10(17)6-9-7-18-11(13-9)12-8-16/h6-12,14-21,35,37,48,50-51,58H,4-5,13,22-34,36,38,57H2,1-3H3,(H,60,65);7-8H,2-6H2,1H3,(H,12,13,16)/b59-37?,61-44-;. The first-order chi connectivity index (χ1) is 43.2. The molecule has 0 spiro atoms. The highest BCUT2D eigenvalue weighted by molar-refractivity contribution is 7.13. The zero-order chi connectivity index (χ0) is 64.0. The van der Waals surface area contributed by atoms with Crippen LogP contribution in [-0.4, -0.2) is 201 Å². The molecule has 26 heteroatoms. The van der Waals surface area contributed by atoms with Gasteiger partial charge in [0.25, 0.3) is 12.9 Å². The van der Waals surface area contributed by atoms with Crippen molar-refractivity contribution in [1.82, 2.24) is 29.9 Å². The average Bonchev–Trinajstić information content (AvgIpc) is 3.11. The summed E-state index contributed by atoms with van der Waals surface area (Å²) in [5, 5.41) is 14.4. The van der Waals surface area contributed by atoms with E-state index in [0.29, 0.717) is 112 Å². The van der Waals surface area contributed by atoms with Gasteiger partial charge in [-0.05, 0) is 111 Å². The number of methoxy groups -OCH3 is 1. The fourth-order valence-corrected chi connectivity index (χ4v) is 9.50. The number of ether oxygens (including phenoxy) is 6. The second-order valence-corrected chi connectivity index (χ2v) is 21.4. The predicted octanol–water partition coefficient (Wildman–Crippen LogP) is 7.78. The van der Waals surface area contributed by atoms with Crippen LogP contribution in [0.3, 0.4) is 0 Å². The maximum Gasteiger partial charge on any atom is 0.263 e. The summed E-state index contributed by atoms with van der Waals surface area (Å²) in [6, 6.07) is 25.0. The number of hydrogen-bond acceptors (Lipinski definition) is 18. The van der Waals surface area contributed by atoms with Crippen LogP contribution in [0.25, 0.3) is 0 Å². The van der Waals surface area contributed by atoms with Gasteiger partial charge in [-0.1, -0.05) is 42.5 Å². The van der Waals surface area contributed by atoms with E-state index in [0.717, 1.165) is 80.1 Å². The maximum atomic E-state index is 14.0. The lowest BCUT2D eigenvalue weighted by Crippen LogP contribution is -2.47. The van der Waals surface area contributed by atoms with Gasteiger partial charge < -0.3 is 69.8 Å². The SMILES string of the molecule is CN1CCN(C(=O)Cc2csc(NC=O)n2)CC1.CNc1ccc(OCCOCCN=C/C(CCOCCOCCN(C)CCCCOc2ccc(CCC(=O)N(CC(F)F)C(C(=O)NCc3ccc(OC)cc3)c3cccc(C(F)F)c3)cc2)=N\N)cc1. The zero-order valence-electron chi connectivity index (χ0n) is 51.2. The molecule has 0 aliphatic carbocycles. The first kappa shape index (κ1) is 72.0. The van der Waals surface area contributed by atoms with Gasteiger partial charge in [-0.15, -0.1) is 11.3 Å². The van der Waals surface area contributed by atoms with Crippen LogP contribution in [0.15, 0.2) is 113 Å². The summed E-state index contributed by atoms with van der Waals surface area (Å²) in [6.07, 6.45) is -1.10. The molecule has 1 aromatic heterocycles. The van der Waals surface area contributed by atoms with Crippen molar-refractivity contribution in [2.75, 3.05) is 144 Å². The van der Waals surface area contributed by atoms with Crippen molar-refractivity contribution < 1.29 is 65.2 Å². The summed E-state index contributed by atoms with van der Waals surface area (Å²) in [6.45, 7) is 8.19. The number of aromatic nitrogens is 1. The van der Waals surface area contributed by atoms with E-state index >= 15 is 0 Å². The molecule has 89 heavy (non-hydrogen) atoms. The lowest BCUT2D eigenvalue weighted by Gasteiger charge is -2.32. The van der Waals surface area contributed by atoms with Gasteiger partial charge in [-0.25, -0.2) is 22.5 Å². The number of likely N-dealkylation sites (N-methyl/N-ethyl adjacent to an activating group) is 2. The molecule has 21 nitrogen and oxygen atoms in total. The number of amides is 4. The number of rotatable bonds is 40. The number of aryl methyl sites for hydroxylation is 1. The van der Waals surface area contributed by atoms with Crippen LogP contribution in [0.2, 0.25) is 0 Å². The van der Waals surface area contributed by atoms with E-state index in [1.165, 1.54) is 36.6 Å². The molecule has 1 aliphatic heterocycles. The third kappa shape index (κ3) is 28.1. The third-order valence-electron chi connectivity index (χ3n) is 13.9. The van der Waals surface area contributed by atoms with Crippen LogP contribution in [-0.2, 0) is 52.8 Å². The van der Waals surface area contributed by atoms with Crippen LogP contribution < -0.4 is 36.0 Å². The van der Waals surface area contributed by atoms with Crippen molar-refractivity contribution in [2.45, 2.75) is 64.0 Å². The van der Waals surface area contributed by atoms with E-state index in [1.54, 1.807) is 60.1 Å². The molecule has 0 radical (unpaired) electrons. The van der Waals surface area contributed by atoms with Crippen molar-refractivity contribution in [2.24, 2.45) is 15.9 Å². The molecular weight excluding hydrogens is 1180 g/mol. The number of nitrogens with two attached hydrogens (primary N) is 1.